The number of nitrogens with one attached hydrogen (secondary N) is 1. The number of nitrogens with zero attached hydrogens (tertiary/aromatic N) is 2. The van der Waals surface area contributed by atoms with Gasteiger partial charge in [-0.25, -0.2) is 9.97 Å². The largest absolute Gasteiger partial charge is 0.393 e. The van der Waals surface area contributed by atoms with Crippen molar-refractivity contribution in [2.45, 2.75) is 38.7 Å². The molecule has 4 nitrogen and oxygen atoms in total. The van der Waals surface area contributed by atoms with Crippen molar-refractivity contribution in [3.05, 3.63) is 16.2 Å². The van der Waals surface area contributed by atoms with E-state index in [4.69, 9.17) is 11.6 Å². The minimum absolute atomic E-state index is 0.191. The standard InChI is InChI=1S/C14H18ClN3OS/c1-2-9-6-10-12(17-14(15)18-13(10)20-9)16-7-8-4-3-5-11(8)19/h6,8,11,19H,2-5,7H2,1H3,(H,16,17,18). The van der Waals surface area contributed by atoms with Crippen molar-refractivity contribution >= 4 is 39.0 Å². The molecule has 0 bridgehead atoms. The number of hydrogen-bond acceptors (Lipinski definition) is 5. The fraction of sp³-hybridized carbons (Fsp3) is 0.571. The van der Waals surface area contributed by atoms with Crippen molar-refractivity contribution < 1.29 is 5.11 Å². The topological polar surface area (TPSA) is 58.0 Å². The molecule has 1 saturated carbocycles. The summed E-state index contributed by atoms with van der Waals surface area (Å²) in [5, 5.41) is 14.5. The van der Waals surface area contributed by atoms with E-state index in [0.29, 0.717) is 5.92 Å². The molecule has 20 heavy (non-hydrogen) atoms. The maximum atomic E-state index is 9.88. The second-order valence-corrected chi connectivity index (χ2v) is 6.72. The Morgan fingerprint density at radius 1 is 1.45 bits per heavy atom. The quantitative estimate of drug-likeness (QED) is 0.849. The molecule has 3 rings (SSSR count). The molecule has 0 aromatic carbocycles. The maximum absolute atomic E-state index is 9.88. The van der Waals surface area contributed by atoms with E-state index in [1.807, 2.05) is 0 Å². The normalized spacial score (nSPS) is 22.6. The van der Waals surface area contributed by atoms with Gasteiger partial charge in [0, 0.05) is 17.3 Å². The van der Waals surface area contributed by atoms with Crippen molar-refractivity contribution in [3.63, 3.8) is 0 Å². The third-order valence-corrected chi connectivity index (χ3v) is 5.26. The third kappa shape index (κ3) is 2.75. The lowest BCUT2D eigenvalue weighted by Gasteiger charge is -2.15. The number of rotatable bonds is 4. The molecule has 1 fully saturated rings. The van der Waals surface area contributed by atoms with Gasteiger partial charge in [0.25, 0.3) is 0 Å². The van der Waals surface area contributed by atoms with Crippen molar-refractivity contribution in [2.24, 2.45) is 5.92 Å². The van der Waals surface area contributed by atoms with E-state index in [1.54, 1.807) is 11.3 Å². The van der Waals surface area contributed by atoms with Crippen LogP contribution in [0.1, 0.15) is 31.1 Å². The van der Waals surface area contributed by atoms with Crippen molar-refractivity contribution in [1.29, 1.82) is 0 Å². The first-order valence-corrected chi connectivity index (χ1v) is 8.24. The fourth-order valence-corrected chi connectivity index (χ4v) is 3.92. The van der Waals surface area contributed by atoms with Gasteiger partial charge in [0.1, 0.15) is 10.6 Å². The summed E-state index contributed by atoms with van der Waals surface area (Å²) in [5.41, 5.74) is 0. The van der Waals surface area contributed by atoms with Crippen LogP contribution in [0.4, 0.5) is 5.82 Å². The smallest absolute Gasteiger partial charge is 0.225 e. The number of aliphatic hydroxyl groups excluding tert-OH is 1. The molecule has 0 aliphatic heterocycles. The minimum Gasteiger partial charge on any atom is -0.393 e. The number of hydrogen-bond donors (Lipinski definition) is 2. The van der Waals surface area contributed by atoms with Crippen LogP contribution >= 0.6 is 22.9 Å². The Hall–Kier alpha value is -0.910. The Morgan fingerprint density at radius 2 is 2.30 bits per heavy atom. The Kier molecular flexibility index (Phi) is 4.10. The number of thiophene rings is 1. The van der Waals surface area contributed by atoms with Crippen LogP contribution in [0.3, 0.4) is 0 Å². The Balaban J connectivity index is 1.84. The molecule has 0 radical (unpaired) electrons. The summed E-state index contributed by atoms with van der Waals surface area (Å²) in [5.74, 6) is 1.10. The van der Waals surface area contributed by atoms with Gasteiger partial charge in [-0.3, -0.25) is 0 Å². The number of anilines is 1. The van der Waals surface area contributed by atoms with Gasteiger partial charge < -0.3 is 10.4 Å². The molecule has 0 saturated heterocycles. The van der Waals surface area contributed by atoms with Crippen LogP contribution in [0, 0.1) is 5.92 Å². The molecular formula is C14H18ClN3OS. The average Bonchev–Trinajstić information content (AvgIpc) is 3.01. The molecule has 2 N–H and O–H groups in total. The van der Waals surface area contributed by atoms with Gasteiger partial charge in [-0.2, -0.15) is 0 Å². The van der Waals surface area contributed by atoms with E-state index in [9.17, 15) is 5.11 Å². The predicted molar refractivity (Wildman–Crippen MR) is 83.6 cm³/mol. The Morgan fingerprint density at radius 3 is 3.00 bits per heavy atom. The van der Waals surface area contributed by atoms with Gasteiger partial charge in [0.15, 0.2) is 0 Å². The van der Waals surface area contributed by atoms with Gasteiger partial charge in [-0.05, 0) is 36.9 Å². The molecule has 2 aromatic heterocycles. The zero-order valence-corrected chi connectivity index (χ0v) is 13.0. The zero-order chi connectivity index (χ0) is 14.1. The van der Waals surface area contributed by atoms with E-state index in [-0.39, 0.29) is 11.4 Å². The summed E-state index contributed by atoms with van der Waals surface area (Å²) >= 11 is 7.65. The summed E-state index contributed by atoms with van der Waals surface area (Å²) in [7, 11) is 0. The van der Waals surface area contributed by atoms with Crippen molar-refractivity contribution in [3.8, 4) is 0 Å². The first-order valence-electron chi connectivity index (χ1n) is 7.05. The molecule has 6 heteroatoms. The van der Waals surface area contributed by atoms with Gasteiger partial charge >= 0.3 is 0 Å². The number of fused-ring (bicyclic) bond motifs is 1. The van der Waals surface area contributed by atoms with Crippen molar-refractivity contribution in [2.75, 3.05) is 11.9 Å². The third-order valence-electron chi connectivity index (χ3n) is 3.92. The second kappa shape index (κ2) is 5.84. The molecule has 2 aromatic rings. The highest BCUT2D eigenvalue weighted by Gasteiger charge is 2.25. The summed E-state index contributed by atoms with van der Waals surface area (Å²) in [6.07, 6.45) is 3.87. The molecule has 1 aliphatic carbocycles. The fourth-order valence-electron chi connectivity index (χ4n) is 2.74. The number of aromatic nitrogens is 2. The van der Waals surface area contributed by atoms with E-state index in [0.717, 1.165) is 48.3 Å². The van der Waals surface area contributed by atoms with E-state index in [1.165, 1.54) is 4.88 Å². The molecular weight excluding hydrogens is 294 g/mol. The van der Waals surface area contributed by atoms with E-state index in [2.05, 4.69) is 28.3 Å². The van der Waals surface area contributed by atoms with Gasteiger partial charge in [0.2, 0.25) is 5.28 Å². The van der Waals surface area contributed by atoms with Crippen LogP contribution in [-0.4, -0.2) is 27.7 Å². The molecule has 0 amide bonds. The van der Waals surface area contributed by atoms with E-state index >= 15 is 0 Å². The van der Waals surface area contributed by atoms with Crippen molar-refractivity contribution in [1.82, 2.24) is 9.97 Å². The zero-order valence-electron chi connectivity index (χ0n) is 11.4. The SMILES string of the molecule is CCc1cc2c(NCC3CCCC3O)nc(Cl)nc2s1. The molecule has 2 unspecified atom stereocenters. The van der Waals surface area contributed by atoms with Crippen LogP contribution in [0.5, 0.6) is 0 Å². The minimum atomic E-state index is -0.191. The predicted octanol–water partition coefficient (Wildman–Crippen LogP) is 3.48. The second-order valence-electron chi connectivity index (χ2n) is 5.27. The first kappa shape index (κ1) is 14.0. The van der Waals surface area contributed by atoms with Crippen LogP contribution in [0.15, 0.2) is 6.07 Å². The van der Waals surface area contributed by atoms with Crippen LogP contribution in [0.25, 0.3) is 10.2 Å². The van der Waals surface area contributed by atoms with Gasteiger partial charge in [-0.15, -0.1) is 11.3 Å². The van der Waals surface area contributed by atoms with Crippen LogP contribution in [-0.2, 0) is 6.42 Å². The number of halogens is 1. The van der Waals surface area contributed by atoms with Crippen LogP contribution in [0.2, 0.25) is 5.28 Å². The highest BCUT2D eigenvalue weighted by atomic mass is 35.5. The molecule has 2 heterocycles. The highest BCUT2D eigenvalue weighted by molar-refractivity contribution is 7.18. The van der Waals surface area contributed by atoms with Crippen LogP contribution < -0.4 is 5.32 Å². The number of aliphatic hydroxyl groups is 1. The monoisotopic (exact) mass is 311 g/mol. The summed E-state index contributed by atoms with van der Waals surface area (Å²) in [6, 6.07) is 2.13. The van der Waals surface area contributed by atoms with Gasteiger partial charge in [0.05, 0.1) is 11.5 Å². The summed E-state index contributed by atoms with van der Waals surface area (Å²) < 4.78 is 0. The summed E-state index contributed by atoms with van der Waals surface area (Å²) in [6.45, 7) is 2.86. The Labute approximate surface area is 127 Å². The van der Waals surface area contributed by atoms with E-state index < -0.39 is 0 Å². The lowest BCUT2D eigenvalue weighted by molar-refractivity contribution is 0.138. The lowest BCUT2D eigenvalue weighted by Crippen LogP contribution is -2.22. The molecule has 108 valence electrons. The lowest BCUT2D eigenvalue weighted by atomic mass is 10.1. The molecule has 1 aliphatic rings. The maximum Gasteiger partial charge on any atom is 0.225 e. The number of aryl methyl sites for hydroxylation is 1. The highest BCUT2D eigenvalue weighted by Crippen LogP contribution is 2.31. The summed E-state index contributed by atoms with van der Waals surface area (Å²) in [4.78, 5) is 10.8. The first-order chi connectivity index (χ1) is 9.67. The molecule has 2 atom stereocenters. The average molecular weight is 312 g/mol. The Bertz CT molecular complexity index is 616. The molecule has 0 spiro atoms. The van der Waals surface area contributed by atoms with Gasteiger partial charge in [-0.1, -0.05) is 13.3 Å².